The zero-order valence-corrected chi connectivity index (χ0v) is 13.0. The minimum atomic E-state index is -4.66. The Balaban J connectivity index is 0.00000441. The summed E-state index contributed by atoms with van der Waals surface area (Å²) in [6, 6.07) is 1.51. The van der Waals surface area contributed by atoms with Gasteiger partial charge in [-0.1, -0.05) is 13.8 Å². The highest BCUT2D eigenvalue weighted by atomic mass is 35.5. The zero-order chi connectivity index (χ0) is 16.3. The number of hydrogen-bond donors (Lipinski definition) is 3. The normalized spacial score (nSPS) is 11.7. The molecular formula is C13H19ClF3N3O2. The SMILES string of the molecule is CCC(N)(CC)CNC(=O)c1ccc(C(F)(F)F)[nH]c1=O.Cl. The molecule has 4 N–H and O–H groups in total. The molecule has 0 saturated carbocycles. The number of hydrogen-bond acceptors (Lipinski definition) is 3. The summed E-state index contributed by atoms with van der Waals surface area (Å²) >= 11 is 0. The summed E-state index contributed by atoms with van der Waals surface area (Å²) in [4.78, 5) is 25.0. The van der Waals surface area contributed by atoms with Crippen molar-refractivity contribution >= 4 is 18.3 Å². The molecule has 0 aliphatic rings. The third kappa shape index (κ3) is 5.03. The Labute approximate surface area is 131 Å². The first-order chi connectivity index (χ1) is 9.63. The van der Waals surface area contributed by atoms with Crippen LogP contribution in [-0.2, 0) is 6.18 Å². The maximum atomic E-state index is 12.4. The molecule has 1 heterocycles. The van der Waals surface area contributed by atoms with E-state index in [2.05, 4.69) is 5.32 Å². The Morgan fingerprint density at radius 1 is 1.27 bits per heavy atom. The smallest absolute Gasteiger partial charge is 0.350 e. The molecular weight excluding hydrogens is 323 g/mol. The second-order valence-electron chi connectivity index (χ2n) is 4.86. The first-order valence-corrected chi connectivity index (χ1v) is 6.50. The van der Waals surface area contributed by atoms with Gasteiger partial charge in [-0.25, -0.2) is 0 Å². The topological polar surface area (TPSA) is 88.0 Å². The number of nitrogens with two attached hydrogens (primary N) is 1. The van der Waals surface area contributed by atoms with Gasteiger partial charge in [-0.2, -0.15) is 13.2 Å². The number of H-pyrrole nitrogens is 1. The Morgan fingerprint density at radius 3 is 2.23 bits per heavy atom. The lowest BCUT2D eigenvalue weighted by Gasteiger charge is -2.26. The fraction of sp³-hybridized carbons (Fsp3) is 0.538. The Morgan fingerprint density at radius 2 is 1.82 bits per heavy atom. The van der Waals surface area contributed by atoms with E-state index in [9.17, 15) is 22.8 Å². The van der Waals surface area contributed by atoms with Crippen LogP contribution in [0.15, 0.2) is 16.9 Å². The van der Waals surface area contributed by atoms with E-state index in [4.69, 9.17) is 5.73 Å². The standard InChI is InChI=1S/C13H18F3N3O2.ClH/c1-3-12(17,4-2)7-18-10(20)8-5-6-9(13(14,15)16)19-11(8)21;/h5-6H,3-4,7,17H2,1-2H3,(H,18,20)(H,19,21);1H. The average Bonchev–Trinajstić information content (AvgIpc) is 2.43. The minimum Gasteiger partial charge on any atom is -0.350 e. The number of alkyl halides is 3. The van der Waals surface area contributed by atoms with E-state index in [1.54, 1.807) is 4.98 Å². The summed E-state index contributed by atoms with van der Waals surface area (Å²) in [6.45, 7) is 3.86. The van der Waals surface area contributed by atoms with Gasteiger partial charge < -0.3 is 16.0 Å². The van der Waals surface area contributed by atoms with Crippen LogP contribution in [-0.4, -0.2) is 23.0 Å². The van der Waals surface area contributed by atoms with Crippen molar-refractivity contribution in [2.45, 2.75) is 38.4 Å². The monoisotopic (exact) mass is 341 g/mol. The molecule has 0 radical (unpaired) electrons. The number of aromatic amines is 1. The minimum absolute atomic E-state index is 0. The van der Waals surface area contributed by atoms with Crippen molar-refractivity contribution in [3.63, 3.8) is 0 Å². The lowest BCUT2D eigenvalue weighted by molar-refractivity contribution is -0.141. The Hall–Kier alpha value is -1.54. The van der Waals surface area contributed by atoms with Crippen molar-refractivity contribution < 1.29 is 18.0 Å². The van der Waals surface area contributed by atoms with E-state index < -0.39 is 28.9 Å². The van der Waals surface area contributed by atoms with Crippen molar-refractivity contribution in [1.29, 1.82) is 0 Å². The van der Waals surface area contributed by atoms with Gasteiger partial charge in [0, 0.05) is 12.1 Å². The molecule has 0 aliphatic heterocycles. The van der Waals surface area contributed by atoms with Gasteiger partial charge in [0.1, 0.15) is 11.3 Å². The van der Waals surface area contributed by atoms with E-state index >= 15 is 0 Å². The summed E-state index contributed by atoms with van der Waals surface area (Å²) in [5, 5.41) is 2.48. The molecule has 1 aromatic heterocycles. The van der Waals surface area contributed by atoms with Crippen LogP contribution in [0.4, 0.5) is 13.2 Å². The van der Waals surface area contributed by atoms with Gasteiger partial charge in [-0.3, -0.25) is 9.59 Å². The highest BCUT2D eigenvalue weighted by molar-refractivity contribution is 5.93. The molecule has 1 rings (SSSR count). The zero-order valence-electron chi connectivity index (χ0n) is 12.2. The largest absolute Gasteiger partial charge is 0.431 e. The van der Waals surface area contributed by atoms with Crippen LogP contribution < -0.4 is 16.6 Å². The van der Waals surface area contributed by atoms with E-state index in [1.165, 1.54) is 0 Å². The van der Waals surface area contributed by atoms with E-state index in [0.717, 1.165) is 6.07 Å². The molecule has 5 nitrogen and oxygen atoms in total. The molecule has 0 atom stereocenters. The summed E-state index contributed by atoms with van der Waals surface area (Å²) in [5.74, 6) is -0.748. The van der Waals surface area contributed by atoms with Crippen LogP contribution in [0, 0.1) is 0 Å². The summed E-state index contributed by atoms with van der Waals surface area (Å²) in [7, 11) is 0. The van der Waals surface area contributed by atoms with Crippen LogP contribution in [0.25, 0.3) is 0 Å². The van der Waals surface area contributed by atoms with Gasteiger partial charge in [0.2, 0.25) is 0 Å². The second-order valence-corrected chi connectivity index (χ2v) is 4.86. The Kier molecular flexibility index (Phi) is 7.11. The van der Waals surface area contributed by atoms with Gasteiger partial charge in [0.05, 0.1) is 0 Å². The van der Waals surface area contributed by atoms with Gasteiger partial charge in [0.15, 0.2) is 0 Å². The number of pyridine rings is 1. The first-order valence-electron chi connectivity index (χ1n) is 6.50. The first kappa shape index (κ1) is 20.5. The Bertz CT molecular complexity index is 568. The van der Waals surface area contributed by atoms with Crippen molar-refractivity contribution in [3.8, 4) is 0 Å². The lowest BCUT2D eigenvalue weighted by Crippen LogP contribution is -2.49. The van der Waals surface area contributed by atoms with Crippen molar-refractivity contribution in [2.75, 3.05) is 6.54 Å². The highest BCUT2D eigenvalue weighted by Crippen LogP contribution is 2.26. The molecule has 0 aliphatic carbocycles. The molecule has 0 saturated heterocycles. The number of rotatable bonds is 5. The van der Waals surface area contributed by atoms with E-state index in [1.807, 2.05) is 13.8 Å². The third-order valence-corrected chi connectivity index (χ3v) is 3.47. The maximum absolute atomic E-state index is 12.4. The van der Waals surface area contributed by atoms with E-state index in [-0.39, 0.29) is 24.5 Å². The summed E-state index contributed by atoms with van der Waals surface area (Å²) in [5.41, 5.74) is 2.73. The molecule has 22 heavy (non-hydrogen) atoms. The third-order valence-electron chi connectivity index (χ3n) is 3.47. The fourth-order valence-electron chi connectivity index (χ4n) is 1.67. The second kappa shape index (κ2) is 7.64. The molecule has 9 heteroatoms. The molecule has 1 amide bonds. The van der Waals surface area contributed by atoms with Crippen molar-refractivity contribution in [2.24, 2.45) is 5.73 Å². The van der Waals surface area contributed by atoms with Crippen LogP contribution >= 0.6 is 12.4 Å². The van der Waals surface area contributed by atoms with Crippen LogP contribution in [0.5, 0.6) is 0 Å². The number of halogens is 4. The van der Waals surface area contributed by atoms with Gasteiger partial charge in [0.25, 0.3) is 11.5 Å². The predicted octanol–water partition coefficient (Wildman–Crippen LogP) is 2.06. The van der Waals surface area contributed by atoms with E-state index in [0.29, 0.717) is 18.9 Å². The molecule has 0 bridgehead atoms. The van der Waals surface area contributed by atoms with Crippen LogP contribution in [0.1, 0.15) is 42.7 Å². The fourth-order valence-corrected chi connectivity index (χ4v) is 1.67. The lowest BCUT2D eigenvalue weighted by atomic mass is 9.94. The molecule has 126 valence electrons. The van der Waals surface area contributed by atoms with Gasteiger partial charge >= 0.3 is 6.18 Å². The molecule has 0 aromatic carbocycles. The molecule has 0 unspecified atom stereocenters. The molecule has 0 spiro atoms. The van der Waals surface area contributed by atoms with Gasteiger partial charge in [-0.05, 0) is 25.0 Å². The van der Waals surface area contributed by atoms with Crippen molar-refractivity contribution in [1.82, 2.24) is 10.3 Å². The van der Waals surface area contributed by atoms with Crippen LogP contribution in [0.3, 0.4) is 0 Å². The molecule has 0 fully saturated rings. The van der Waals surface area contributed by atoms with Crippen molar-refractivity contribution in [3.05, 3.63) is 33.7 Å². The van der Waals surface area contributed by atoms with Crippen LogP contribution in [0.2, 0.25) is 0 Å². The average molecular weight is 342 g/mol. The summed E-state index contributed by atoms with van der Waals surface area (Å²) in [6.07, 6.45) is -3.43. The predicted molar refractivity (Wildman–Crippen MR) is 79.1 cm³/mol. The quantitative estimate of drug-likeness (QED) is 0.766. The molecule has 1 aromatic rings. The maximum Gasteiger partial charge on any atom is 0.431 e. The number of aromatic nitrogens is 1. The van der Waals surface area contributed by atoms with Gasteiger partial charge in [-0.15, -0.1) is 12.4 Å². The number of carbonyl (C=O) groups is 1. The number of amides is 1. The summed E-state index contributed by atoms with van der Waals surface area (Å²) < 4.78 is 37.2. The number of carbonyl (C=O) groups excluding carboxylic acids is 1. The number of nitrogens with one attached hydrogen (secondary N) is 2. The highest BCUT2D eigenvalue weighted by Gasteiger charge is 2.32.